The summed E-state index contributed by atoms with van der Waals surface area (Å²) in [5.74, 6) is 8.32. The Morgan fingerprint density at radius 1 is 1.36 bits per heavy atom. The van der Waals surface area contributed by atoms with Crippen LogP contribution in [0.2, 0.25) is 0 Å². The molecule has 134 valence electrons. The highest BCUT2D eigenvalue weighted by Gasteiger charge is 2.17. The highest BCUT2D eigenvalue weighted by Crippen LogP contribution is 2.26. The standard InChI is InChI=1S/C21H26O4/c1-14(2)17-8-6-7-9-18(25-21(22)23-5)10-15(3)11-19-12-16(4)20(13-17)24-19/h11-12,17-18H,1,6,8,10,13H2,2-5H3/b15-11-/t17-,18+/m0/s1. The molecule has 0 aromatic carbocycles. The van der Waals surface area contributed by atoms with Gasteiger partial charge in [0, 0.05) is 19.3 Å². The summed E-state index contributed by atoms with van der Waals surface area (Å²) in [6.45, 7) is 10.2. The second-order valence-electron chi connectivity index (χ2n) is 6.62. The lowest BCUT2D eigenvalue weighted by Gasteiger charge is -2.15. The third kappa shape index (κ3) is 5.56. The van der Waals surface area contributed by atoms with Gasteiger partial charge in [0.05, 0.1) is 7.11 Å². The van der Waals surface area contributed by atoms with Crippen molar-refractivity contribution >= 4 is 12.2 Å². The molecule has 1 aromatic rings. The van der Waals surface area contributed by atoms with E-state index in [-0.39, 0.29) is 0 Å². The van der Waals surface area contributed by atoms with Gasteiger partial charge in [-0.3, -0.25) is 0 Å². The van der Waals surface area contributed by atoms with Gasteiger partial charge >= 0.3 is 6.16 Å². The van der Waals surface area contributed by atoms with Gasteiger partial charge in [-0.05, 0) is 50.8 Å². The number of allylic oxidation sites excluding steroid dienone is 1. The van der Waals surface area contributed by atoms with Gasteiger partial charge in [-0.1, -0.05) is 29.6 Å². The number of rotatable bonds is 2. The van der Waals surface area contributed by atoms with Crippen molar-refractivity contribution in [3.8, 4) is 11.8 Å². The van der Waals surface area contributed by atoms with Crippen LogP contribution in [0.4, 0.5) is 4.79 Å². The van der Waals surface area contributed by atoms with Crippen molar-refractivity contribution in [2.75, 3.05) is 7.11 Å². The van der Waals surface area contributed by atoms with Gasteiger partial charge in [0.25, 0.3) is 0 Å². The molecule has 0 spiro atoms. The Balaban J connectivity index is 2.32. The van der Waals surface area contributed by atoms with E-state index in [9.17, 15) is 4.79 Å². The van der Waals surface area contributed by atoms with Crippen molar-refractivity contribution in [3.05, 3.63) is 40.9 Å². The first-order valence-corrected chi connectivity index (χ1v) is 8.54. The smallest absolute Gasteiger partial charge is 0.461 e. The van der Waals surface area contributed by atoms with Crippen LogP contribution in [0, 0.1) is 24.7 Å². The molecule has 4 nitrogen and oxygen atoms in total. The average molecular weight is 342 g/mol. The topological polar surface area (TPSA) is 48.7 Å². The second-order valence-corrected chi connectivity index (χ2v) is 6.62. The van der Waals surface area contributed by atoms with Crippen LogP contribution in [0.5, 0.6) is 0 Å². The van der Waals surface area contributed by atoms with Crippen LogP contribution < -0.4 is 0 Å². The zero-order valence-electron chi connectivity index (χ0n) is 15.5. The summed E-state index contributed by atoms with van der Waals surface area (Å²) in [5.41, 5.74) is 3.30. The molecule has 0 unspecified atom stereocenters. The largest absolute Gasteiger partial charge is 0.509 e. The zero-order chi connectivity index (χ0) is 18.4. The van der Waals surface area contributed by atoms with E-state index in [0.29, 0.717) is 18.8 Å². The van der Waals surface area contributed by atoms with Crippen molar-refractivity contribution in [2.45, 2.75) is 52.6 Å². The van der Waals surface area contributed by atoms with Crippen molar-refractivity contribution in [3.63, 3.8) is 0 Å². The Morgan fingerprint density at radius 2 is 2.12 bits per heavy atom. The van der Waals surface area contributed by atoms with Gasteiger partial charge in [-0.2, -0.15) is 0 Å². The Kier molecular flexibility index (Phi) is 6.52. The minimum atomic E-state index is -0.715. The molecule has 0 saturated carbocycles. The van der Waals surface area contributed by atoms with Crippen LogP contribution >= 0.6 is 0 Å². The highest BCUT2D eigenvalue weighted by atomic mass is 16.7. The summed E-state index contributed by atoms with van der Waals surface area (Å²) in [4.78, 5) is 11.4. The fourth-order valence-electron chi connectivity index (χ4n) is 2.88. The maximum atomic E-state index is 11.4. The lowest BCUT2D eigenvalue weighted by Crippen LogP contribution is -2.17. The molecule has 1 aromatic heterocycles. The average Bonchev–Trinajstić information content (AvgIpc) is 2.88. The van der Waals surface area contributed by atoms with Gasteiger partial charge in [0.1, 0.15) is 11.5 Å². The molecule has 0 radical (unpaired) electrons. The Morgan fingerprint density at radius 3 is 2.80 bits per heavy atom. The number of hydrogen-bond acceptors (Lipinski definition) is 4. The van der Waals surface area contributed by atoms with E-state index in [2.05, 4.69) is 30.1 Å². The predicted molar refractivity (Wildman–Crippen MR) is 98.0 cm³/mol. The molecule has 0 saturated heterocycles. The van der Waals surface area contributed by atoms with Crippen LogP contribution in [0.3, 0.4) is 0 Å². The van der Waals surface area contributed by atoms with Gasteiger partial charge in [0.2, 0.25) is 0 Å². The van der Waals surface area contributed by atoms with Crippen LogP contribution in [0.15, 0.2) is 28.2 Å². The van der Waals surface area contributed by atoms with E-state index in [1.807, 2.05) is 26.0 Å². The van der Waals surface area contributed by atoms with Crippen molar-refractivity contribution in [2.24, 2.45) is 5.92 Å². The first kappa shape index (κ1) is 18.9. The quantitative estimate of drug-likeness (QED) is 0.428. The van der Waals surface area contributed by atoms with Crippen LogP contribution in [0.25, 0.3) is 6.08 Å². The molecule has 2 rings (SSSR count). The molecule has 1 aliphatic rings. The normalized spacial score (nSPS) is 22.8. The van der Waals surface area contributed by atoms with E-state index in [1.165, 1.54) is 7.11 Å². The lowest BCUT2D eigenvalue weighted by atomic mass is 9.91. The van der Waals surface area contributed by atoms with E-state index >= 15 is 0 Å². The zero-order valence-corrected chi connectivity index (χ0v) is 15.5. The summed E-state index contributed by atoms with van der Waals surface area (Å²) < 4.78 is 15.9. The monoisotopic (exact) mass is 342 g/mol. The molecule has 2 heterocycles. The minimum Gasteiger partial charge on any atom is -0.461 e. The number of aryl methyl sites for hydroxylation is 1. The molecule has 2 atom stereocenters. The molecule has 4 heteroatoms. The minimum absolute atomic E-state index is 0.317. The number of methoxy groups -OCH3 is 1. The maximum absolute atomic E-state index is 11.4. The number of hydrogen-bond donors (Lipinski definition) is 0. The molecule has 0 N–H and O–H groups in total. The molecule has 0 amide bonds. The fourth-order valence-corrected chi connectivity index (χ4v) is 2.88. The van der Waals surface area contributed by atoms with E-state index in [0.717, 1.165) is 41.1 Å². The number of ether oxygens (including phenoxy) is 2. The first-order chi connectivity index (χ1) is 11.9. The number of carbonyl (C=O) groups is 1. The van der Waals surface area contributed by atoms with Crippen LogP contribution in [-0.4, -0.2) is 19.4 Å². The highest BCUT2D eigenvalue weighted by molar-refractivity contribution is 5.60. The van der Waals surface area contributed by atoms with Gasteiger partial charge in [0.15, 0.2) is 6.10 Å². The fraction of sp³-hybridized carbons (Fsp3) is 0.476. The summed E-state index contributed by atoms with van der Waals surface area (Å²) in [6.07, 6.45) is 3.69. The second kappa shape index (κ2) is 8.62. The summed E-state index contributed by atoms with van der Waals surface area (Å²) in [6, 6.07) is 2.04. The van der Waals surface area contributed by atoms with Crippen molar-refractivity contribution < 1.29 is 18.7 Å². The number of carbonyl (C=O) groups excluding carboxylic acids is 1. The van der Waals surface area contributed by atoms with E-state index < -0.39 is 12.3 Å². The molecule has 25 heavy (non-hydrogen) atoms. The predicted octanol–water partition coefficient (Wildman–Crippen LogP) is 5.07. The molecule has 0 fully saturated rings. The van der Waals surface area contributed by atoms with Crippen molar-refractivity contribution in [1.29, 1.82) is 0 Å². The SMILES string of the molecule is C=C(C)[C@H]1CCC#C[C@@H](OC(=O)OC)C/C(C)=C\c2cc(C)c(o2)C1. The molecule has 0 aliphatic carbocycles. The third-order valence-corrected chi connectivity index (χ3v) is 4.35. The lowest BCUT2D eigenvalue weighted by molar-refractivity contribution is 0.0555. The van der Waals surface area contributed by atoms with Gasteiger partial charge < -0.3 is 13.9 Å². The molecule has 2 bridgehead atoms. The Bertz CT molecular complexity index is 727. The summed E-state index contributed by atoms with van der Waals surface area (Å²) in [7, 11) is 1.29. The van der Waals surface area contributed by atoms with Crippen LogP contribution in [0.1, 0.15) is 50.2 Å². The molecule has 1 aliphatic heterocycles. The Hall–Kier alpha value is -2.41. The van der Waals surface area contributed by atoms with E-state index in [4.69, 9.17) is 9.15 Å². The third-order valence-electron chi connectivity index (χ3n) is 4.35. The van der Waals surface area contributed by atoms with E-state index in [1.54, 1.807) is 0 Å². The van der Waals surface area contributed by atoms with Crippen LogP contribution in [-0.2, 0) is 15.9 Å². The Labute approximate surface area is 149 Å². The summed E-state index contributed by atoms with van der Waals surface area (Å²) in [5, 5.41) is 0. The first-order valence-electron chi connectivity index (χ1n) is 8.54. The van der Waals surface area contributed by atoms with Crippen molar-refractivity contribution in [1.82, 2.24) is 0 Å². The molecular formula is C21H26O4. The number of furan rings is 1. The van der Waals surface area contributed by atoms with Gasteiger partial charge in [-0.25, -0.2) is 4.79 Å². The van der Waals surface area contributed by atoms with Gasteiger partial charge in [-0.15, -0.1) is 0 Å². The molecular weight excluding hydrogens is 316 g/mol. The summed E-state index contributed by atoms with van der Waals surface area (Å²) >= 11 is 0. The maximum Gasteiger partial charge on any atom is 0.509 e. The number of fused-ring (bicyclic) bond motifs is 2.